The lowest BCUT2D eigenvalue weighted by Crippen LogP contribution is -2.28. The Kier molecular flexibility index (Phi) is 6.18. The van der Waals surface area contributed by atoms with E-state index in [9.17, 15) is 32.0 Å². The molecule has 0 heterocycles. The van der Waals surface area contributed by atoms with Crippen LogP contribution >= 0.6 is 0 Å². The van der Waals surface area contributed by atoms with E-state index in [-0.39, 0.29) is 5.56 Å². The number of ether oxygens (including phenoxy) is 2. The van der Waals surface area contributed by atoms with Gasteiger partial charge in [-0.3, -0.25) is 4.79 Å². The summed E-state index contributed by atoms with van der Waals surface area (Å²) < 4.78 is 77.2. The molecule has 4 nitrogen and oxygen atoms in total. The first kappa shape index (κ1) is 23.5. The van der Waals surface area contributed by atoms with Gasteiger partial charge in [-0.15, -0.1) is 0 Å². The highest BCUT2D eigenvalue weighted by atomic mass is 19.4. The van der Waals surface area contributed by atoms with Crippen molar-refractivity contribution in [2.75, 3.05) is 0 Å². The van der Waals surface area contributed by atoms with Crippen molar-refractivity contribution in [2.45, 2.75) is 39.0 Å². The lowest BCUT2D eigenvalue weighted by Gasteiger charge is -2.21. The molecule has 0 bridgehead atoms. The smallest absolute Gasteiger partial charge is 0.389 e. The molecule has 3 rings (SSSR count). The van der Waals surface area contributed by atoms with E-state index in [0.717, 1.165) is 0 Å². The van der Waals surface area contributed by atoms with Gasteiger partial charge in [0.05, 0.1) is 17.8 Å². The summed E-state index contributed by atoms with van der Waals surface area (Å²) >= 11 is 0. The summed E-state index contributed by atoms with van der Waals surface area (Å²) in [6.07, 6.45) is -11.6. The van der Waals surface area contributed by atoms with E-state index in [1.165, 1.54) is 26.0 Å². The minimum atomic E-state index is -4.89. The van der Waals surface area contributed by atoms with Gasteiger partial charge in [0, 0.05) is 5.56 Å². The number of carbonyl (C=O) groups excluding carboxylic acids is 1. The van der Waals surface area contributed by atoms with Crippen molar-refractivity contribution in [1.29, 1.82) is 5.26 Å². The van der Waals surface area contributed by atoms with Crippen LogP contribution in [-0.2, 0) is 9.53 Å². The van der Waals surface area contributed by atoms with Gasteiger partial charge in [-0.1, -0.05) is 44.2 Å². The van der Waals surface area contributed by atoms with Crippen LogP contribution in [0.2, 0.25) is 0 Å². The van der Waals surface area contributed by atoms with Crippen molar-refractivity contribution in [3.63, 3.8) is 0 Å². The summed E-state index contributed by atoms with van der Waals surface area (Å²) in [5.74, 6) is -2.11. The minimum Gasteiger partial charge on any atom is -0.457 e. The molecular weight excluding hydrogens is 433 g/mol. The van der Waals surface area contributed by atoms with Gasteiger partial charge in [0.1, 0.15) is 17.6 Å². The number of benzene rings is 2. The monoisotopic (exact) mass is 453 g/mol. The molecule has 0 aromatic heterocycles. The highest BCUT2D eigenvalue weighted by Crippen LogP contribution is 2.75. The number of nitriles is 1. The van der Waals surface area contributed by atoms with Crippen LogP contribution in [0.3, 0.4) is 0 Å². The molecule has 170 valence electrons. The van der Waals surface area contributed by atoms with Crippen molar-refractivity contribution < 1.29 is 36.2 Å². The number of hydrogen-bond acceptors (Lipinski definition) is 4. The molecule has 0 spiro atoms. The molecule has 1 aliphatic carbocycles. The van der Waals surface area contributed by atoms with Crippen LogP contribution in [0.5, 0.6) is 11.5 Å². The number of hydrogen-bond donors (Lipinski definition) is 0. The Morgan fingerprint density at radius 1 is 1.09 bits per heavy atom. The van der Waals surface area contributed by atoms with Crippen LogP contribution in [0.4, 0.5) is 22.0 Å². The molecule has 0 aliphatic heterocycles. The SMILES string of the molecule is CC1(C)C(C(=O)OC(C#N)c2cccc(Oc3ccccc3)c2)C1(CC(F)(F)F)C(F)F. The van der Waals surface area contributed by atoms with Crippen molar-refractivity contribution in [1.82, 2.24) is 0 Å². The number of esters is 1. The number of halogens is 5. The summed E-state index contributed by atoms with van der Waals surface area (Å²) in [4.78, 5) is 12.6. The standard InChI is InChI=1S/C23H20F5NO3/c1-21(2)18(22(21,20(24)25)13-23(26,27)28)19(30)32-17(12-29)14-7-6-10-16(11-14)31-15-8-4-3-5-9-15/h3-11,17-18,20H,13H2,1-2H3. The Morgan fingerprint density at radius 3 is 2.28 bits per heavy atom. The fourth-order valence-electron chi connectivity index (χ4n) is 4.26. The average Bonchev–Trinajstić information content (AvgIpc) is 3.21. The molecule has 1 aliphatic rings. The highest BCUT2D eigenvalue weighted by molar-refractivity contribution is 5.80. The van der Waals surface area contributed by atoms with Crippen molar-refractivity contribution in [3.05, 3.63) is 60.2 Å². The van der Waals surface area contributed by atoms with Crippen molar-refractivity contribution in [3.8, 4) is 17.6 Å². The number of rotatable bonds is 7. The van der Waals surface area contributed by atoms with Gasteiger partial charge in [0.25, 0.3) is 0 Å². The molecule has 0 N–H and O–H groups in total. The zero-order valence-corrected chi connectivity index (χ0v) is 17.2. The first-order valence-corrected chi connectivity index (χ1v) is 9.70. The molecule has 1 fully saturated rings. The molecule has 1 saturated carbocycles. The number of carbonyl (C=O) groups is 1. The zero-order chi connectivity index (χ0) is 23.7. The van der Waals surface area contributed by atoms with Crippen LogP contribution in [0.1, 0.15) is 31.9 Å². The highest BCUT2D eigenvalue weighted by Gasteiger charge is 2.81. The Labute approximate surface area is 181 Å². The lowest BCUT2D eigenvalue weighted by atomic mass is 9.92. The summed E-state index contributed by atoms with van der Waals surface area (Å²) in [6.45, 7) is 2.35. The molecule has 3 unspecified atom stereocenters. The first-order chi connectivity index (χ1) is 14.9. The zero-order valence-electron chi connectivity index (χ0n) is 17.2. The second-order valence-corrected chi connectivity index (χ2v) is 8.22. The van der Waals surface area contributed by atoms with Crippen LogP contribution in [0.25, 0.3) is 0 Å². The van der Waals surface area contributed by atoms with E-state index < -0.39 is 47.8 Å². The van der Waals surface area contributed by atoms with Crippen LogP contribution in [-0.4, -0.2) is 18.6 Å². The molecule has 0 amide bonds. The minimum absolute atomic E-state index is 0.200. The fraction of sp³-hybridized carbons (Fsp3) is 0.391. The quantitative estimate of drug-likeness (QED) is 0.357. The Morgan fingerprint density at radius 2 is 1.72 bits per heavy atom. The second kappa shape index (κ2) is 8.41. The summed E-state index contributed by atoms with van der Waals surface area (Å²) in [6, 6.07) is 16.5. The molecule has 0 radical (unpaired) electrons. The summed E-state index contributed by atoms with van der Waals surface area (Å²) in [5.41, 5.74) is -4.04. The Bertz CT molecular complexity index is 1020. The third-order valence-corrected chi connectivity index (χ3v) is 5.96. The number of nitrogens with zero attached hydrogens (tertiary/aromatic N) is 1. The molecule has 2 aromatic carbocycles. The van der Waals surface area contributed by atoms with Crippen molar-refractivity contribution in [2.24, 2.45) is 16.7 Å². The maximum atomic E-state index is 13.7. The molecular formula is C23H20F5NO3. The van der Waals surface area contributed by atoms with Crippen molar-refractivity contribution >= 4 is 5.97 Å². The normalized spacial score (nSPS) is 22.7. The van der Waals surface area contributed by atoms with E-state index in [1.807, 2.05) is 0 Å². The van der Waals surface area contributed by atoms with Gasteiger partial charge in [-0.25, -0.2) is 8.78 Å². The van der Waals surface area contributed by atoms with Gasteiger partial charge in [0.15, 0.2) is 0 Å². The Balaban J connectivity index is 1.79. The summed E-state index contributed by atoms with van der Waals surface area (Å²) in [5, 5.41) is 9.47. The molecule has 0 saturated heterocycles. The molecule has 3 atom stereocenters. The predicted octanol–water partition coefficient (Wildman–Crippen LogP) is 6.45. The van der Waals surface area contributed by atoms with Gasteiger partial charge in [-0.2, -0.15) is 18.4 Å². The van der Waals surface area contributed by atoms with Crippen LogP contribution < -0.4 is 4.74 Å². The van der Waals surface area contributed by atoms with Crippen LogP contribution in [0, 0.1) is 28.1 Å². The van der Waals surface area contributed by atoms with Gasteiger partial charge in [-0.05, 0) is 29.7 Å². The van der Waals surface area contributed by atoms with E-state index in [1.54, 1.807) is 48.5 Å². The number of alkyl halides is 5. The average molecular weight is 453 g/mol. The molecule has 2 aromatic rings. The van der Waals surface area contributed by atoms with E-state index in [4.69, 9.17) is 9.47 Å². The maximum Gasteiger partial charge on any atom is 0.389 e. The Hall–Kier alpha value is -3.15. The lowest BCUT2D eigenvalue weighted by molar-refractivity contribution is -0.170. The van der Waals surface area contributed by atoms with Gasteiger partial charge < -0.3 is 9.47 Å². The topological polar surface area (TPSA) is 59.3 Å². The van der Waals surface area contributed by atoms with E-state index in [0.29, 0.717) is 11.5 Å². The van der Waals surface area contributed by atoms with E-state index in [2.05, 4.69) is 0 Å². The first-order valence-electron chi connectivity index (χ1n) is 9.70. The summed E-state index contributed by atoms with van der Waals surface area (Å²) in [7, 11) is 0. The molecule has 9 heteroatoms. The predicted molar refractivity (Wildman–Crippen MR) is 104 cm³/mol. The van der Waals surface area contributed by atoms with Gasteiger partial charge in [0.2, 0.25) is 12.5 Å². The largest absolute Gasteiger partial charge is 0.457 e. The third-order valence-electron chi connectivity index (χ3n) is 5.96. The van der Waals surface area contributed by atoms with E-state index >= 15 is 0 Å². The second-order valence-electron chi connectivity index (χ2n) is 8.22. The maximum absolute atomic E-state index is 13.7. The van der Waals surface area contributed by atoms with Gasteiger partial charge >= 0.3 is 12.1 Å². The van der Waals surface area contributed by atoms with Crippen LogP contribution in [0.15, 0.2) is 54.6 Å². The number of para-hydroxylation sites is 1. The fourth-order valence-corrected chi connectivity index (χ4v) is 4.26. The molecule has 32 heavy (non-hydrogen) atoms. The third kappa shape index (κ3) is 4.40.